The number of furan rings is 1. The lowest BCUT2D eigenvalue weighted by Gasteiger charge is -2.37. The van der Waals surface area contributed by atoms with Crippen LogP contribution in [0.15, 0.2) is 9.99 Å². The fourth-order valence-electron chi connectivity index (χ4n) is 2.54. The van der Waals surface area contributed by atoms with Gasteiger partial charge in [0.25, 0.3) is 0 Å². The molecule has 1 heterocycles. The highest BCUT2D eigenvalue weighted by molar-refractivity contribution is 6.92. The normalized spacial score (nSPS) is 12.7. The monoisotopic (exact) mass is 278 g/mol. The van der Waals surface area contributed by atoms with Crippen molar-refractivity contribution in [1.82, 2.24) is 0 Å². The van der Waals surface area contributed by atoms with Gasteiger partial charge < -0.3 is 4.42 Å². The maximum absolute atomic E-state index is 6.09. The standard InChI is InChI=1S/C17H30OSi/c1-10-14-15(11-12(2)3)18-13(4)16(14)19(8,9)17(5,6)7/h11H,10H2,1-9H3. The molecule has 2 heteroatoms. The first-order chi connectivity index (χ1) is 8.52. The predicted molar refractivity (Wildman–Crippen MR) is 89.0 cm³/mol. The van der Waals surface area contributed by atoms with Crippen LogP contribution in [0, 0.1) is 6.92 Å². The van der Waals surface area contributed by atoms with Gasteiger partial charge in [-0.3, -0.25) is 0 Å². The summed E-state index contributed by atoms with van der Waals surface area (Å²) >= 11 is 0. The Morgan fingerprint density at radius 1 is 1.21 bits per heavy atom. The summed E-state index contributed by atoms with van der Waals surface area (Å²) in [6, 6.07) is 0. The molecule has 0 amide bonds. The third kappa shape index (κ3) is 3.05. The highest BCUT2D eigenvalue weighted by Crippen LogP contribution is 2.38. The van der Waals surface area contributed by atoms with E-state index in [1.807, 2.05) is 0 Å². The number of aryl methyl sites for hydroxylation is 1. The Morgan fingerprint density at radius 3 is 2.11 bits per heavy atom. The van der Waals surface area contributed by atoms with E-state index in [0.29, 0.717) is 5.04 Å². The van der Waals surface area contributed by atoms with Crippen LogP contribution < -0.4 is 5.19 Å². The Bertz CT molecular complexity index is 480. The van der Waals surface area contributed by atoms with Gasteiger partial charge in [0, 0.05) is 0 Å². The van der Waals surface area contributed by atoms with Crippen LogP contribution in [0.25, 0.3) is 6.08 Å². The molecule has 0 N–H and O–H groups in total. The molecule has 0 fully saturated rings. The zero-order valence-corrected chi connectivity index (χ0v) is 15.2. The van der Waals surface area contributed by atoms with E-state index in [0.717, 1.165) is 17.9 Å². The van der Waals surface area contributed by atoms with Crippen molar-refractivity contribution in [3.63, 3.8) is 0 Å². The van der Waals surface area contributed by atoms with Gasteiger partial charge >= 0.3 is 0 Å². The average molecular weight is 279 g/mol. The van der Waals surface area contributed by atoms with Crippen LogP contribution in [0.3, 0.4) is 0 Å². The molecule has 0 saturated carbocycles. The zero-order chi connectivity index (χ0) is 15.0. The molecular formula is C17H30OSi. The van der Waals surface area contributed by atoms with Gasteiger partial charge in [0.1, 0.15) is 11.5 Å². The Balaban J connectivity index is 3.53. The van der Waals surface area contributed by atoms with E-state index in [2.05, 4.69) is 67.6 Å². The molecule has 0 atom stereocenters. The first-order valence-electron chi connectivity index (χ1n) is 7.30. The van der Waals surface area contributed by atoms with Gasteiger partial charge in [-0.1, -0.05) is 46.4 Å². The summed E-state index contributed by atoms with van der Waals surface area (Å²) in [4.78, 5) is 0. The SMILES string of the molecule is CCc1c(C=C(C)C)oc(C)c1[Si](C)(C)C(C)(C)C. The van der Waals surface area contributed by atoms with Crippen molar-refractivity contribution in [1.29, 1.82) is 0 Å². The summed E-state index contributed by atoms with van der Waals surface area (Å²) in [6.45, 7) is 20.7. The molecule has 0 aromatic carbocycles. The quantitative estimate of drug-likeness (QED) is 0.685. The van der Waals surface area contributed by atoms with Crippen LogP contribution in [-0.4, -0.2) is 8.07 Å². The van der Waals surface area contributed by atoms with Crippen molar-refractivity contribution in [2.75, 3.05) is 0 Å². The summed E-state index contributed by atoms with van der Waals surface area (Å²) in [6.07, 6.45) is 3.24. The van der Waals surface area contributed by atoms with Crippen molar-refractivity contribution in [3.05, 3.63) is 22.7 Å². The molecule has 19 heavy (non-hydrogen) atoms. The van der Waals surface area contributed by atoms with E-state index in [-0.39, 0.29) is 0 Å². The zero-order valence-electron chi connectivity index (χ0n) is 14.2. The number of allylic oxidation sites excluding steroid dienone is 1. The van der Waals surface area contributed by atoms with Crippen molar-refractivity contribution < 1.29 is 4.42 Å². The van der Waals surface area contributed by atoms with Crippen LogP contribution in [0.2, 0.25) is 18.1 Å². The molecule has 0 saturated heterocycles. The fraction of sp³-hybridized carbons (Fsp3) is 0.647. The van der Waals surface area contributed by atoms with Crippen molar-refractivity contribution in [3.8, 4) is 0 Å². The summed E-state index contributed by atoms with van der Waals surface area (Å²) in [5.74, 6) is 2.22. The smallest absolute Gasteiger partial charge is 0.130 e. The van der Waals surface area contributed by atoms with Crippen LogP contribution in [0.5, 0.6) is 0 Å². The van der Waals surface area contributed by atoms with E-state index >= 15 is 0 Å². The molecule has 0 aliphatic heterocycles. The second-order valence-corrected chi connectivity index (χ2v) is 12.6. The summed E-state index contributed by atoms with van der Waals surface area (Å²) < 4.78 is 6.09. The highest BCUT2D eigenvalue weighted by Gasteiger charge is 2.41. The average Bonchev–Trinajstić information content (AvgIpc) is 2.51. The maximum Gasteiger partial charge on any atom is 0.130 e. The number of hydrogen-bond donors (Lipinski definition) is 0. The molecule has 108 valence electrons. The van der Waals surface area contributed by atoms with Crippen LogP contribution in [0.1, 0.15) is 58.6 Å². The molecule has 1 aromatic rings. The van der Waals surface area contributed by atoms with Crippen molar-refractivity contribution in [2.24, 2.45) is 0 Å². The van der Waals surface area contributed by atoms with Crippen LogP contribution in [0.4, 0.5) is 0 Å². The first-order valence-corrected chi connectivity index (χ1v) is 10.3. The fourth-order valence-corrected chi connectivity index (χ4v) is 5.27. The minimum atomic E-state index is -1.54. The molecular weight excluding hydrogens is 248 g/mol. The Morgan fingerprint density at radius 2 is 1.74 bits per heavy atom. The molecule has 0 unspecified atom stereocenters. The minimum Gasteiger partial charge on any atom is -0.462 e. The number of rotatable bonds is 3. The Hall–Kier alpha value is -0.763. The molecule has 0 aliphatic rings. The van der Waals surface area contributed by atoms with Gasteiger partial charge in [-0.15, -0.1) is 0 Å². The van der Waals surface area contributed by atoms with E-state index < -0.39 is 8.07 Å². The topological polar surface area (TPSA) is 13.1 Å². The maximum atomic E-state index is 6.09. The molecule has 0 aliphatic carbocycles. The van der Waals surface area contributed by atoms with Crippen molar-refractivity contribution >= 4 is 19.3 Å². The first kappa shape index (κ1) is 16.3. The molecule has 0 bridgehead atoms. The summed E-state index contributed by atoms with van der Waals surface area (Å²) in [5.41, 5.74) is 2.73. The molecule has 0 spiro atoms. The van der Waals surface area contributed by atoms with Gasteiger partial charge in [-0.2, -0.15) is 0 Å². The van der Waals surface area contributed by atoms with E-state index in [4.69, 9.17) is 4.42 Å². The predicted octanol–water partition coefficient (Wildman–Crippen LogP) is 5.29. The van der Waals surface area contributed by atoms with Gasteiger partial charge in [-0.25, -0.2) is 0 Å². The molecule has 1 aromatic heterocycles. The van der Waals surface area contributed by atoms with Gasteiger partial charge in [-0.05, 0) is 49.1 Å². The molecule has 1 rings (SSSR count). The van der Waals surface area contributed by atoms with Crippen LogP contribution >= 0.6 is 0 Å². The lowest BCUT2D eigenvalue weighted by atomic mass is 10.1. The van der Waals surface area contributed by atoms with E-state index in [9.17, 15) is 0 Å². The Labute approximate surface area is 120 Å². The lowest BCUT2D eigenvalue weighted by Crippen LogP contribution is -2.51. The van der Waals surface area contributed by atoms with Gasteiger partial charge in [0.2, 0.25) is 0 Å². The largest absolute Gasteiger partial charge is 0.462 e. The number of hydrogen-bond acceptors (Lipinski definition) is 1. The second kappa shape index (κ2) is 5.32. The highest BCUT2D eigenvalue weighted by atomic mass is 28.3. The lowest BCUT2D eigenvalue weighted by molar-refractivity contribution is 0.523. The molecule has 0 radical (unpaired) electrons. The molecule has 1 nitrogen and oxygen atoms in total. The van der Waals surface area contributed by atoms with Crippen molar-refractivity contribution in [2.45, 2.75) is 73.0 Å². The third-order valence-corrected chi connectivity index (χ3v) is 10.1. The second-order valence-electron chi connectivity index (χ2n) is 7.33. The summed E-state index contributed by atoms with van der Waals surface area (Å²) in [7, 11) is -1.54. The van der Waals surface area contributed by atoms with Gasteiger partial charge in [0.15, 0.2) is 0 Å². The van der Waals surface area contributed by atoms with E-state index in [1.165, 1.54) is 16.3 Å². The van der Waals surface area contributed by atoms with Gasteiger partial charge in [0.05, 0.1) is 8.07 Å². The minimum absolute atomic E-state index is 0.341. The van der Waals surface area contributed by atoms with Crippen LogP contribution in [-0.2, 0) is 6.42 Å². The summed E-state index contributed by atoms with van der Waals surface area (Å²) in [5, 5.41) is 1.88. The van der Waals surface area contributed by atoms with E-state index in [1.54, 1.807) is 0 Å². The third-order valence-electron chi connectivity index (χ3n) is 4.49. The Kier molecular flexibility index (Phi) is 4.56.